The predicted octanol–water partition coefficient (Wildman–Crippen LogP) is 4.33. The van der Waals surface area contributed by atoms with Crippen molar-refractivity contribution in [3.05, 3.63) is 71.9 Å². The number of para-hydroxylation sites is 1. The van der Waals surface area contributed by atoms with Gasteiger partial charge in [0.25, 0.3) is 0 Å². The van der Waals surface area contributed by atoms with Crippen LogP contribution in [0.2, 0.25) is 0 Å². The molecule has 0 saturated carbocycles. The Morgan fingerprint density at radius 2 is 1.74 bits per heavy atom. The number of ketones is 1. The Balaban J connectivity index is 1.67. The third-order valence-corrected chi connectivity index (χ3v) is 4.93. The number of benzene rings is 2. The number of urea groups is 1. The van der Waals surface area contributed by atoms with E-state index >= 15 is 0 Å². The third-order valence-electron chi connectivity index (χ3n) is 4.93. The van der Waals surface area contributed by atoms with Crippen LogP contribution in [0.15, 0.2) is 66.4 Å². The van der Waals surface area contributed by atoms with Gasteiger partial charge in [0.15, 0.2) is 0 Å². The number of hydrogen-bond acceptors (Lipinski definition) is 3. The highest BCUT2D eigenvalue weighted by Gasteiger charge is 2.43. The van der Waals surface area contributed by atoms with Crippen molar-refractivity contribution in [3.8, 4) is 11.5 Å². The smallest absolute Gasteiger partial charge is 0.319 e. The average Bonchev–Trinajstić information content (AvgIpc) is 2.60. The fourth-order valence-electron chi connectivity index (χ4n) is 3.84. The number of fused-ring (bicyclic) bond motifs is 1. The fourth-order valence-corrected chi connectivity index (χ4v) is 3.84. The summed E-state index contributed by atoms with van der Waals surface area (Å²) in [5, 5.41) is 5.73. The molecule has 1 fully saturated rings. The number of rotatable bonds is 3. The van der Waals surface area contributed by atoms with E-state index in [-0.39, 0.29) is 17.2 Å². The zero-order valence-electron chi connectivity index (χ0n) is 15.4. The van der Waals surface area contributed by atoms with Gasteiger partial charge in [-0.1, -0.05) is 50.3 Å². The van der Waals surface area contributed by atoms with Gasteiger partial charge in [-0.25, -0.2) is 4.79 Å². The van der Waals surface area contributed by atoms with Gasteiger partial charge in [0, 0.05) is 12.1 Å². The standard InChI is InChI=1S/C22H22N2O3/c1-22(2)12-17-19(18(25)13-22)20(24-21(26)23-17)14-7-6-10-16(11-14)27-15-8-4-3-5-9-15/h3-12,19-20H,13H2,1-2H3,(H2,23,24,26)/t19-,20+/m0/s1. The summed E-state index contributed by atoms with van der Waals surface area (Å²) in [6.45, 7) is 4.01. The molecule has 138 valence electrons. The van der Waals surface area contributed by atoms with Crippen LogP contribution >= 0.6 is 0 Å². The maximum absolute atomic E-state index is 12.8. The number of nitrogens with one attached hydrogen (secondary N) is 2. The molecule has 1 heterocycles. The molecular weight excluding hydrogens is 340 g/mol. The minimum Gasteiger partial charge on any atom is -0.457 e. The van der Waals surface area contributed by atoms with Gasteiger partial charge in [-0.3, -0.25) is 4.79 Å². The Morgan fingerprint density at radius 1 is 1.00 bits per heavy atom. The number of amides is 2. The second-order valence-corrected chi connectivity index (χ2v) is 7.77. The van der Waals surface area contributed by atoms with Crippen LogP contribution in [-0.4, -0.2) is 11.8 Å². The van der Waals surface area contributed by atoms with Crippen LogP contribution in [-0.2, 0) is 4.79 Å². The van der Waals surface area contributed by atoms with E-state index in [9.17, 15) is 9.59 Å². The third kappa shape index (κ3) is 3.58. The van der Waals surface area contributed by atoms with Crippen LogP contribution in [0.25, 0.3) is 0 Å². The first-order valence-corrected chi connectivity index (χ1v) is 9.07. The van der Waals surface area contributed by atoms with E-state index in [0.29, 0.717) is 17.9 Å². The molecule has 5 nitrogen and oxygen atoms in total. The first-order chi connectivity index (χ1) is 12.9. The second kappa shape index (κ2) is 6.58. The summed E-state index contributed by atoms with van der Waals surface area (Å²) >= 11 is 0. The molecule has 2 atom stereocenters. The zero-order chi connectivity index (χ0) is 19.0. The minimum absolute atomic E-state index is 0.129. The molecule has 0 spiro atoms. The lowest BCUT2D eigenvalue weighted by atomic mass is 9.72. The molecule has 0 unspecified atom stereocenters. The highest BCUT2D eigenvalue weighted by Crippen LogP contribution is 2.41. The summed E-state index contributed by atoms with van der Waals surface area (Å²) in [6, 6.07) is 16.3. The molecule has 0 radical (unpaired) electrons. The monoisotopic (exact) mass is 362 g/mol. The molecule has 1 aliphatic carbocycles. The Bertz CT molecular complexity index is 918. The van der Waals surface area contributed by atoms with Crippen LogP contribution in [0.1, 0.15) is 31.9 Å². The van der Waals surface area contributed by atoms with E-state index in [1.54, 1.807) is 0 Å². The maximum Gasteiger partial charge on any atom is 0.319 e. The van der Waals surface area contributed by atoms with E-state index in [2.05, 4.69) is 10.6 Å². The molecule has 2 N–H and O–H groups in total. The Labute approximate surface area is 158 Å². The minimum atomic E-state index is -0.409. The van der Waals surface area contributed by atoms with Crippen LogP contribution < -0.4 is 15.4 Å². The van der Waals surface area contributed by atoms with Crippen LogP contribution in [0.3, 0.4) is 0 Å². The van der Waals surface area contributed by atoms with Crippen LogP contribution in [0.4, 0.5) is 4.79 Å². The second-order valence-electron chi connectivity index (χ2n) is 7.77. The van der Waals surface area contributed by atoms with Gasteiger partial charge in [-0.2, -0.15) is 0 Å². The first kappa shape index (κ1) is 17.3. The molecular formula is C22H22N2O3. The molecule has 0 bridgehead atoms. The molecule has 4 rings (SSSR count). The normalized spacial score (nSPS) is 23.6. The summed E-state index contributed by atoms with van der Waals surface area (Å²) in [4.78, 5) is 25.0. The number of hydrogen-bond donors (Lipinski definition) is 2. The number of allylic oxidation sites excluding steroid dienone is 1. The predicted molar refractivity (Wildman–Crippen MR) is 102 cm³/mol. The van der Waals surface area contributed by atoms with E-state index in [1.165, 1.54) is 0 Å². The van der Waals surface area contributed by atoms with E-state index in [1.807, 2.05) is 74.5 Å². The van der Waals surface area contributed by atoms with E-state index < -0.39 is 12.0 Å². The maximum atomic E-state index is 12.8. The molecule has 2 aromatic rings. The highest BCUT2D eigenvalue weighted by molar-refractivity contribution is 5.91. The number of ether oxygens (including phenoxy) is 1. The van der Waals surface area contributed by atoms with Crippen molar-refractivity contribution in [1.82, 2.24) is 10.6 Å². The summed E-state index contributed by atoms with van der Waals surface area (Å²) in [6.07, 6.45) is 2.46. The Kier molecular flexibility index (Phi) is 4.22. The van der Waals surface area contributed by atoms with Gasteiger partial charge in [0.2, 0.25) is 0 Å². The number of carbonyl (C=O) groups excluding carboxylic acids is 2. The quantitative estimate of drug-likeness (QED) is 0.854. The van der Waals surface area contributed by atoms with Gasteiger partial charge < -0.3 is 15.4 Å². The van der Waals surface area contributed by atoms with Crippen LogP contribution in [0, 0.1) is 11.3 Å². The topological polar surface area (TPSA) is 67.4 Å². The van der Waals surface area contributed by atoms with E-state index in [0.717, 1.165) is 11.3 Å². The average molecular weight is 362 g/mol. The Hall–Kier alpha value is -3.08. The highest BCUT2D eigenvalue weighted by atomic mass is 16.5. The van der Waals surface area contributed by atoms with Gasteiger partial charge in [0.1, 0.15) is 17.3 Å². The van der Waals surface area contributed by atoms with Gasteiger partial charge in [-0.05, 0) is 35.2 Å². The van der Waals surface area contributed by atoms with Crippen molar-refractivity contribution >= 4 is 11.8 Å². The summed E-state index contributed by atoms with van der Waals surface area (Å²) in [7, 11) is 0. The SMILES string of the molecule is CC1(C)C=C2NC(=O)N[C@H](c3cccc(Oc4ccccc4)c3)[C@@H]2C(=O)C1. The summed E-state index contributed by atoms with van der Waals surface area (Å²) in [5.41, 5.74) is 1.29. The van der Waals surface area contributed by atoms with Crippen molar-refractivity contribution in [2.45, 2.75) is 26.3 Å². The molecule has 0 aromatic heterocycles. The lowest BCUT2D eigenvalue weighted by Gasteiger charge is -2.40. The fraction of sp³-hybridized carbons (Fsp3) is 0.273. The summed E-state index contributed by atoms with van der Waals surface area (Å²) < 4.78 is 5.90. The molecule has 1 aliphatic heterocycles. The molecule has 2 aliphatic rings. The Morgan fingerprint density at radius 3 is 2.52 bits per heavy atom. The van der Waals surface area contributed by atoms with Gasteiger partial charge >= 0.3 is 6.03 Å². The number of Topliss-reactive ketones (excluding diaryl/α,β-unsaturated/α-hetero) is 1. The van der Waals surface area contributed by atoms with Crippen molar-refractivity contribution in [2.75, 3.05) is 0 Å². The van der Waals surface area contributed by atoms with Crippen LogP contribution in [0.5, 0.6) is 11.5 Å². The molecule has 2 aromatic carbocycles. The van der Waals surface area contributed by atoms with Gasteiger partial charge in [-0.15, -0.1) is 0 Å². The molecule has 2 amide bonds. The van der Waals surface area contributed by atoms with E-state index in [4.69, 9.17) is 4.74 Å². The number of carbonyl (C=O) groups is 2. The summed E-state index contributed by atoms with van der Waals surface area (Å²) in [5.74, 6) is 1.13. The zero-order valence-corrected chi connectivity index (χ0v) is 15.4. The van der Waals surface area contributed by atoms with Crippen molar-refractivity contribution in [1.29, 1.82) is 0 Å². The van der Waals surface area contributed by atoms with Gasteiger partial charge in [0.05, 0.1) is 12.0 Å². The van der Waals surface area contributed by atoms with Crippen molar-refractivity contribution < 1.29 is 14.3 Å². The molecule has 1 saturated heterocycles. The largest absolute Gasteiger partial charge is 0.457 e. The lowest BCUT2D eigenvalue weighted by molar-refractivity contribution is -0.125. The lowest BCUT2D eigenvalue weighted by Crippen LogP contribution is -2.53. The molecule has 27 heavy (non-hydrogen) atoms. The molecule has 5 heteroatoms. The van der Waals surface area contributed by atoms with Crippen molar-refractivity contribution in [2.24, 2.45) is 11.3 Å². The first-order valence-electron chi connectivity index (χ1n) is 9.07. The van der Waals surface area contributed by atoms with Crippen molar-refractivity contribution in [3.63, 3.8) is 0 Å².